The summed E-state index contributed by atoms with van der Waals surface area (Å²) in [5, 5.41) is 4.28. The summed E-state index contributed by atoms with van der Waals surface area (Å²) < 4.78 is 0. The molecule has 0 saturated carbocycles. The first-order valence-electron chi connectivity index (χ1n) is 6.08. The third-order valence-corrected chi connectivity index (χ3v) is 3.23. The van der Waals surface area contributed by atoms with Crippen LogP contribution in [0.3, 0.4) is 0 Å². The minimum atomic E-state index is 0.473. The van der Waals surface area contributed by atoms with Crippen molar-refractivity contribution in [3.05, 3.63) is 18.6 Å². The molecule has 3 rings (SSSR count). The lowest BCUT2D eigenvalue weighted by Gasteiger charge is -2.32. The second-order valence-electron chi connectivity index (χ2n) is 4.62. The van der Waals surface area contributed by atoms with E-state index in [1.807, 2.05) is 6.07 Å². The topological polar surface area (TPSA) is 80.0 Å². The van der Waals surface area contributed by atoms with Crippen molar-refractivity contribution < 1.29 is 0 Å². The first-order chi connectivity index (χ1) is 8.74. The highest BCUT2D eigenvalue weighted by Crippen LogP contribution is 2.21. The average molecular weight is 244 g/mol. The molecule has 1 aliphatic rings. The van der Waals surface area contributed by atoms with Crippen molar-refractivity contribution in [3.8, 4) is 0 Å². The van der Waals surface area contributed by atoms with E-state index < -0.39 is 0 Å². The molecule has 3 heterocycles. The van der Waals surface area contributed by atoms with E-state index in [1.165, 1.54) is 6.33 Å². The highest BCUT2D eigenvalue weighted by atomic mass is 15.2. The summed E-state index contributed by atoms with van der Waals surface area (Å²) in [7, 11) is 0. The Morgan fingerprint density at radius 3 is 3.11 bits per heavy atom. The normalized spacial score (nSPS) is 20.3. The maximum absolute atomic E-state index is 5.87. The van der Waals surface area contributed by atoms with Gasteiger partial charge in [-0.3, -0.25) is 0 Å². The van der Waals surface area contributed by atoms with Gasteiger partial charge in [0.25, 0.3) is 0 Å². The van der Waals surface area contributed by atoms with Crippen LogP contribution in [0.15, 0.2) is 18.6 Å². The number of rotatable bonds is 1. The molecule has 94 valence electrons. The first-order valence-corrected chi connectivity index (χ1v) is 6.08. The largest absolute Gasteiger partial charge is 0.383 e. The summed E-state index contributed by atoms with van der Waals surface area (Å²) >= 11 is 0. The van der Waals surface area contributed by atoms with E-state index in [0.29, 0.717) is 11.9 Å². The summed E-state index contributed by atoms with van der Waals surface area (Å²) in [6.07, 6.45) is 3.22. The van der Waals surface area contributed by atoms with Gasteiger partial charge in [0.15, 0.2) is 0 Å². The van der Waals surface area contributed by atoms with Gasteiger partial charge in [0.2, 0.25) is 0 Å². The van der Waals surface area contributed by atoms with Crippen LogP contribution in [0.2, 0.25) is 0 Å². The van der Waals surface area contributed by atoms with Crippen LogP contribution in [-0.2, 0) is 0 Å². The molecular formula is C12H16N6. The van der Waals surface area contributed by atoms with E-state index in [0.717, 1.165) is 36.4 Å². The average Bonchev–Trinajstić information content (AvgIpc) is 2.39. The van der Waals surface area contributed by atoms with Gasteiger partial charge in [-0.15, -0.1) is 0 Å². The number of piperazine rings is 1. The Morgan fingerprint density at radius 1 is 1.39 bits per heavy atom. The summed E-state index contributed by atoms with van der Waals surface area (Å²) in [4.78, 5) is 14.9. The van der Waals surface area contributed by atoms with Crippen LogP contribution in [0.5, 0.6) is 0 Å². The first kappa shape index (κ1) is 11.2. The molecule has 3 N–H and O–H groups in total. The molecule has 18 heavy (non-hydrogen) atoms. The minimum Gasteiger partial charge on any atom is -0.383 e. The lowest BCUT2D eigenvalue weighted by atomic mass is 10.2. The van der Waals surface area contributed by atoms with Gasteiger partial charge in [-0.25, -0.2) is 15.0 Å². The van der Waals surface area contributed by atoms with Gasteiger partial charge < -0.3 is 16.0 Å². The van der Waals surface area contributed by atoms with Gasteiger partial charge in [-0.2, -0.15) is 0 Å². The molecule has 1 saturated heterocycles. The van der Waals surface area contributed by atoms with Crippen LogP contribution < -0.4 is 16.0 Å². The lowest BCUT2D eigenvalue weighted by Crippen LogP contribution is -2.49. The summed E-state index contributed by atoms with van der Waals surface area (Å²) in [6.45, 7) is 5.05. The Hall–Kier alpha value is -1.95. The molecule has 0 aromatic carbocycles. The molecule has 6 heteroatoms. The van der Waals surface area contributed by atoms with Crippen molar-refractivity contribution in [2.75, 3.05) is 30.3 Å². The smallest absolute Gasteiger partial charge is 0.134 e. The fraction of sp³-hybridized carbons (Fsp3) is 0.417. The predicted octanol–water partition coefficient (Wildman–Crippen LogP) is 0.405. The lowest BCUT2D eigenvalue weighted by molar-refractivity contribution is 0.482. The number of nitrogens with one attached hydrogen (secondary N) is 1. The molecular weight excluding hydrogens is 228 g/mol. The van der Waals surface area contributed by atoms with E-state index in [2.05, 4.69) is 32.1 Å². The van der Waals surface area contributed by atoms with Crippen molar-refractivity contribution in [3.63, 3.8) is 0 Å². The molecule has 1 atom stereocenters. The minimum absolute atomic E-state index is 0.473. The molecule has 0 aliphatic carbocycles. The Balaban J connectivity index is 1.99. The number of aromatic nitrogens is 3. The van der Waals surface area contributed by atoms with E-state index in [1.54, 1.807) is 6.20 Å². The van der Waals surface area contributed by atoms with Crippen molar-refractivity contribution in [2.45, 2.75) is 13.0 Å². The van der Waals surface area contributed by atoms with E-state index in [9.17, 15) is 0 Å². The maximum atomic E-state index is 5.87. The number of hydrogen-bond donors (Lipinski definition) is 2. The van der Waals surface area contributed by atoms with Crippen molar-refractivity contribution >= 4 is 22.5 Å². The van der Waals surface area contributed by atoms with Gasteiger partial charge in [0.05, 0.1) is 11.7 Å². The SMILES string of the molecule is CC1CN(c2cc3c(N)ncnc3cn2)CCN1. The standard InChI is InChI=1S/C12H16N6/c1-8-6-18(3-2-14-8)11-4-9-10(5-15-11)16-7-17-12(9)13/h4-5,7-8,14H,2-3,6H2,1H3,(H2,13,16,17). The van der Waals surface area contributed by atoms with Crippen molar-refractivity contribution in [1.29, 1.82) is 0 Å². The number of hydrogen-bond acceptors (Lipinski definition) is 6. The van der Waals surface area contributed by atoms with Crippen LogP contribution in [0.1, 0.15) is 6.92 Å². The van der Waals surface area contributed by atoms with Crippen LogP contribution in [0.4, 0.5) is 11.6 Å². The molecule has 2 aromatic rings. The van der Waals surface area contributed by atoms with Crippen LogP contribution in [0, 0.1) is 0 Å². The zero-order valence-electron chi connectivity index (χ0n) is 10.3. The van der Waals surface area contributed by atoms with Crippen molar-refractivity contribution in [1.82, 2.24) is 20.3 Å². The quantitative estimate of drug-likeness (QED) is 0.756. The van der Waals surface area contributed by atoms with Gasteiger partial charge in [-0.1, -0.05) is 0 Å². The number of nitrogens with zero attached hydrogens (tertiary/aromatic N) is 4. The summed E-state index contributed by atoms with van der Waals surface area (Å²) in [6, 6.07) is 2.45. The molecule has 2 aromatic heterocycles. The molecule has 1 aliphatic heterocycles. The third-order valence-electron chi connectivity index (χ3n) is 3.23. The molecule has 1 unspecified atom stereocenters. The monoisotopic (exact) mass is 244 g/mol. The van der Waals surface area contributed by atoms with E-state index >= 15 is 0 Å². The van der Waals surface area contributed by atoms with Gasteiger partial charge in [-0.05, 0) is 13.0 Å². The third kappa shape index (κ3) is 1.95. The molecule has 6 nitrogen and oxygen atoms in total. The Morgan fingerprint density at radius 2 is 2.28 bits per heavy atom. The van der Waals surface area contributed by atoms with Crippen molar-refractivity contribution in [2.24, 2.45) is 0 Å². The fourth-order valence-corrected chi connectivity index (χ4v) is 2.28. The van der Waals surface area contributed by atoms with Gasteiger partial charge >= 0.3 is 0 Å². The Labute approximate surface area is 105 Å². The molecule has 0 amide bonds. The Bertz CT molecular complexity index is 569. The fourth-order valence-electron chi connectivity index (χ4n) is 2.28. The molecule has 0 bridgehead atoms. The molecule has 0 radical (unpaired) electrons. The van der Waals surface area contributed by atoms with Gasteiger partial charge in [0, 0.05) is 31.1 Å². The summed E-state index contributed by atoms with van der Waals surface area (Å²) in [5.41, 5.74) is 6.66. The number of fused-ring (bicyclic) bond motifs is 1. The second kappa shape index (κ2) is 4.38. The molecule has 0 spiro atoms. The number of nitrogens with two attached hydrogens (primary N) is 1. The predicted molar refractivity (Wildman–Crippen MR) is 71.4 cm³/mol. The summed E-state index contributed by atoms with van der Waals surface area (Å²) in [5.74, 6) is 1.45. The maximum Gasteiger partial charge on any atom is 0.134 e. The van der Waals surface area contributed by atoms with Crippen LogP contribution in [0.25, 0.3) is 10.9 Å². The van der Waals surface area contributed by atoms with E-state index in [-0.39, 0.29) is 0 Å². The Kier molecular flexibility index (Phi) is 2.71. The highest BCUT2D eigenvalue weighted by molar-refractivity contribution is 5.89. The van der Waals surface area contributed by atoms with E-state index in [4.69, 9.17) is 5.73 Å². The number of pyridine rings is 1. The zero-order valence-corrected chi connectivity index (χ0v) is 10.3. The van der Waals surface area contributed by atoms with Crippen LogP contribution in [-0.4, -0.2) is 40.6 Å². The zero-order chi connectivity index (χ0) is 12.5. The number of nitrogen functional groups attached to an aromatic ring is 1. The van der Waals surface area contributed by atoms with Gasteiger partial charge in [0.1, 0.15) is 18.0 Å². The van der Waals surface area contributed by atoms with Crippen LogP contribution >= 0.6 is 0 Å². The number of anilines is 2. The molecule has 1 fully saturated rings. The second-order valence-corrected chi connectivity index (χ2v) is 4.62. The highest BCUT2D eigenvalue weighted by Gasteiger charge is 2.17.